The van der Waals surface area contributed by atoms with Crippen molar-refractivity contribution in [1.29, 1.82) is 5.26 Å². The summed E-state index contributed by atoms with van der Waals surface area (Å²) in [7, 11) is 2.05. The molecule has 0 radical (unpaired) electrons. The van der Waals surface area contributed by atoms with Crippen LogP contribution in [0.3, 0.4) is 0 Å². The smallest absolute Gasteiger partial charge is 0.255 e. The minimum atomic E-state index is -0.647. The van der Waals surface area contributed by atoms with E-state index in [1.165, 1.54) is 0 Å². The Balaban J connectivity index is 0.770. The van der Waals surface area contributed by atoms with Crippen LogP contribution in [0.4, 0.5) is 11.4 Å². The van der Waals surface area contributed by atoms with Crippen LogP contribution in [0.25, 0.3) is 0 Å². The van der Waals surface area contributed by atoms with Crippen molar-refractivity contribution in [1.82, 2.24) is 25.3 Å². The van der Waals surface area contributed by atoms with Gasteiger partial charge < -0.3 is 24.9 Å². The van der Waals surface area contributed by atoms with E-state index in [0.717, 1.165) is 79.9 Å². The highest BCUT2D eigenvalue weighted by Gasteiger charge is 2.40. The van der Waals surface area contributed by atoms with Gasteiger partial charge in [-0.05, 0) is 97.3 Å². The Bertz CT molecular complexity index is 2120. The minimum absolute atomic E-state index is 0.0541. The number of nitrogens with zero attached hydrogens (tertiary/aromatic N) is 6. The summed E-state index contributed by atoms with van der Waals surface area (Å²) in [5, 5.41) is 15.2. The summed E-state index contributed by atoms with van der Waals surface area (Å²) in [5.41, 5.74) is 6.55. The van der Waals surface area contributed by atoms with Crippen molar-refractivity contribution in [3.63, 3.8) is 0 Å². The number of amides is 5. The van der Waals surface area contributed by atoms with Crippen LogP contribution in [-0.2, 0) is 34.0 Å². The Morgan fingerprint density at radius 1 is 0.893 bits per heavy atom. The zero-order valence-corrected chi connectivity index (χ0v) is 32.2. The van der Waals surface area contributed by atoms with Crippen LogP contribution in [0.5, 0.6) is 0 Å². The first-order valence-corrected chi connectivity index (χ1v) is 19.8. The Morgan fingerprint density at radius 3 is 2.29 bits per heavy atom. The first-order chi connectivity index (χ1) is 27.0. The zero-order chi connectivity index (χ0) is 39.1. The number of rotatable bonds is 8. The van der Waals surface area contributed by atoms with Gasteiger partial charge in [0.05, 0.1) is 17.1 Å². The van der Waals surface area contributed by atoms with Gasteiger partial charge in [0.2, 0.25) is 17.7 Å². The van der Waals surface area contributed by atoms with Gasteiger partial charge in [0.1, 0.15) is 12.1 Å². The summed E-state index contributed by atoms with van der Waals surface area (Å²) < 4.78 is 0. The van der Waals surface area contributed by atoms with Gasteiger partial charge >= 0.3 is 0 Å². The molecule has 1 aliphatic carbocycles. The normalized spacial score (nSPS) is 22.3. The Labute approximate surface area is 331 Å². The minimum Gasteiger partial charge on any atom is -0.372 e. The van der Waals surface area contributed by atoms with E-state index in [2.05, 4.69) is 38.5 Å². The molecule has 0 bridgehead atoms. The Morgan fingerprint density at radius 2 is 1.61 bits per heavy atom. The highest BCUT2D eigenvalue weighted by Crippen LogP contribution is 2.34. The van der Waals surface area contributed by atoms with E-state index in [4.69, 9.17) is 11.6 Å². The van der Waals surface area contributed by atoms with E-state index in [-0.39, 0.29) is 36.1 Å². The molecule has 290 valence electrons. The molecular formula is C42H45ClN8O5. The van der Waals surface area contributed by atoms with Crippen molar-refractivity contribution < 1.29 is 24.0 Å². The van der Waals surface area contributed by atoms with Crippen molar-refractivity contribution in [2.75, 3.05) is 49.6 Å². The summed E-state index contributed by atoms with van der Waals surface area (Å²) >= 11 is 6.26. The van der Waals surface area contributed by atoms with Crippen molar-refractivity contribution in [2.45, 2.75) is 76.3 Å². The first-order valence-electron chi connectivity index (χ1n) is 19.4. The lowest BCUT2D eigenvalue weighted by molar-refractivity contribution is -0.137. The molecule has 3 aromatic rings. The second kappa shape index (κ2) is 15.6. The standard InChI is InChI=1S/C42H45ClN8O5/c1-47(34-9-4-27(21-44)36(43)20-34)32-10-5-31(6-11-32)45-40(54)26-2-7-33(8-3-26)49-16-14-48(15-17-49)25-39(53)50-22-28-18-30-24-51(37-12-13-38(52)46-41(37)55)42(56)35(30)19-29(28)23-50/h2-4,7-9,18-20,31-32,37H,5-6,10-17,22-25H2,1H3,(H,45,54)(H,46,52,55)/t31?,32?,37-/m0/s1. The lowest BCUT2D eigenvalue weighted by atomic mass is 9.90. The number of piperazine rings is 1. The first kappa shape index (κ1) is 37.5. The fourth-order valence-electron chi connectivity index (χ4n) is 8.83. The molecule has 0 unspecified atom stereocenters. The number of benzene rings is 3. The number of hydrogen-bond acceptors (Lipinski definition) is 9. The highest BCUT2D eigenvalue weighted by molar-refractivity contribution is 6.32. The number of anilines is 2. The van der Waals surface area contributed by atoms with Crippen molar-refractivity contribution in [2.24, 2.45) is 0 Å². The van der Waals surface area contributed by atoms with Gasteiger partial charge in [-0.2, -0.15) is 5.26 Å². The van der Waals surface area contributed by atoms with Gasteiger partial charge in [-0.1, -0.05) is 17.7 Å². The van der Waals surface area contributed by atoms with Gasteiger partial charge in [-0.25, -0.2) is 0 Å². The van der Waals surface area contributed by atoms with Crippen LogP contribution < -0.4 is 20.4 Å². The number of imide groups is 1. The van der Waals surface area contributed by atoms with Gasteiger partial charge in [0.25, 0.3) is 11.8 Å². The summed E-state index contributed by atoms with van der Waals surface area (Å²) in [6, 6.07) is 19.1. The van der Waals surface area contributed by atoms with Gasteiger partial charge in [0, 0.05) is 93.9 Å². The molecule has 1 atom stereocenters. The van der Waals surface area contributed by atoms with E-state index >= 15 is 0 Å². The molecule has 56 heavy (non-hydrogen) atoms. The van der Waals surface area contributed by atoms with Crippen LogP contribution >= 0.6 is 11.6 Å². The summed E-state index contributed by atoms with van der Waals surface area (Å²) in [4.78, 5) is 74.0. The molecule has 1 saturated carbocycles. The van der Waals surface area contributed by atoms with Crippen molar-refractivity contribution >= 4 is 52.5 Å². The fraction of sp³-hybridized carbons (Fsp3) is 0.429. The average Bonchev–Trinajstić information content (AvgIpc) is 3.77. The molecule has 0 aromatic heterocycles. The maximum absolute atomic E-state index is 13.4. The molecule has 8 rings (SSSR count). The van der Waals surface area contributed by atoms with E-state index in [1.54, 1.807) is 11.0 Å². The highest BCUT2D eigenvalue weighted by atomic mass is 35.5. The molecule has 4 aliphatic heterocycles. The molecule has 3 fully saturated rings. The van der Waals surface area contributed by atoms with Crippen LogP contribution in [0, 0.1) is 11.3 Å². The van der Waals surface area contributed by atoms with Crippen molar-refractivity contribution in [3.8, 4) is 6.07 Å². The molecular weight excluding hydrogens is 732 g/mol. The fourth-order valence-corrected chi connectivity index (χ4v) is 9.05. The number of hydrogen-bond donors (Lipinski definition) is 2. The van der Waals surface area contributed by atoms with Gasteiger partial charge in [-0.15, -0.1) is 0 Å². The third kappa shape index (κ3) is 7.55. The van der Waals surface area contributed by atoms with Crippen LogP contribution in [0.2, 0.25) is 5.02 Å². The van der Waals surface area contributed by atoms with E-state index in [0.29, 0.717) is 60.4 Å². The maximum Gasteiger partial charge on any atom is 0.255 e. The zero-order valence-electron chi connectivity index (χ0n) is 31.4. The average molecular weight is 777 g/mol. The van der Waals surface area contributed by atoms with Crippen LogP contribution in [0.1, 0.15) is 81.5 Å². The van der Waals surface area contributed by atoms with Gasteiger partial charge in [0.15, 0.2) is 0 Å². The predicted molar refractivity (Wildman–Crippen MR) is 210 cm³/mol. The second-order valence-corrected chi connectivity index (χ2v) is 16.0. The lowest BCUT2D eigenvalue weighted by Crippen LogP contribution is -2.52. The van der Waals surface area contributed by atoms with Gasteiger partial charge in [-0.3, -0.25) is 34.2 Å². The number of carbonyl (C=O) groups is 5. The number of halogens is 1. The molecule has 13 nitrogen and oxygen atoms in total. The molecule has 4 heterocycles. The summed E-state index contributed by atoms with van der Waals surface area (Å²) in [6.07, 6.45) is 4.20. The third-order valence-corrected chi connectivity index (χ3v) is 12.5. The van der Waals surface area contributed by atoms with Crippen LogP contribution in [-0.4, -0.2) is 102 Å². The molecule has 5 aliphatic rings. The quantitative estimate of drug-likeness (QED) is 0.326. The van der Waals surface area contributed by atoms with E-state index < -0.39 is 11.9 Å². The summed E-state index contributed by atoms with van der Waals surface area (Å²) in [5.74, 6) is -0.944. The molecule has 5 amide bonds. The number of nitrogens with one attached hydrogen (secondary N) is 2. The SMILES string of the molecule is CN(c1ccc(C#N)c(Cl)c1)C1CCC(NC(=O)c2ccc(N3CCN(CC(=O)N4Cc5cc6c(cc5C4)C(=O)N([C@H]4CCC(=O)NC4=O)C6)CC3)cc2)CC1. The van der Waals surface area contributed by atoms with E-state index in [9.17, 15) is 29.2 Å². The molecule has 3 aromatic carbocycles. The Hall–Kier alpha value is -5.45. The number of fused-ring (bicyclic) bond motifs is 2. The second-order valence-electron chi connectivity index (χ2n) is 15.6. The van der Waals surface area contributed by atoms with Crippen molar-refractivity contribution in [3.05, 3.63) is 93.0 Å². The van der Waals surface area contributed by atoms with Crippen LogP contribution in [0.15, 0.2) is 54.6 Å². The van der Waals surface area contributed by atoms with E-state index in [1.807, 2.05) is 53.4 Å². The molecule has 2 saturated heterocycles. The summed E-state index contributed by atoms with van der Waals surface area (Å²) in [6.45, 7) is 4.59. The predicted octanol–water partition coefficient (Wildman–Crippen LogP) is 3.81. The number of nitriles is 1. The number of piperidine rings is 1. The third-order valence-electron chi connectivity index (χ3n) is 12.2. The monoisotopic (exact) mass is 776 g/mol. The Kier molecular flexibility index (Phi) is 10.4. The molecule has 2 N–H and O–H groups in total. The topological polar surface area (TPSA) is 149 Å². The maximum atomic E-state index is 13.4. The number of carbonyl (C=O) groups excluding carboxylic acids is 5. The lowest BCUT2D eigenvalue weighted by Gasteiger charge is -2.36. The molecule has 14 heteroatoms. The largest absolute Gasteiger partial charge is 0.372 e. The molecule has 0 spiro atoms.